The molecule has 1 aliphatic heterocycles. The van der Waals surface area contributed by atoms with Gasteiger partial charge in [-0.25, -0.2) is 14.2 Å². The summed E-state index contributed by atoms with van der Waals surface area (Å²) in [6.45, 7) is 5.25. The molecule has 240 valence electrons. The average Bonchev–Trinajstić information content (AvgIpc) is 3.64. The quantitative estimate of drug-likeness (QED) is 0.211. The molecule has 1 aromatic heterocycles. The highest BCUT2D eigenvalue weighted by atomic mass is 19.1. The number of halogens is 1. The molecule has 2 atom stereocenters. The van der Waals surface area contributed by atoms with Crippen molar-refractivity contribution in [1.82, 2.24) is 25.7 Å². The molecular weight excluding hydrogens is 609 g/mol. The molecule has 1 unspecified atom stereocenters. The molecule has 0 spiro atoms. The third kappa shape index (κ3) is 5.80. The minimum Gasteiger partial charge on any atom is -0.349 e. The van der Waals surface area contributed by atoms with E-state index in [-0.39, 0.29) is 46.9 Å². The number of rotatable bonds is 8. The van der Waals surface area contributed by atoms with Gasteiger partial charge in [-0.2, -0.15) is 0 Å². The summed E-state index contributed by atoms with van der Waals surface area (Å²) in [5.74, 6) is -1.46. The fraction of sp³-hybridized carbons (Fsp3) is 0.242. The Morgan fingerprint density at radius 1 is 1.13 bits per heavy atom. The monoisotopic (exact) mass is 639 g/mol. The van der Waals surface area contributed by atoms with Crippen molar-refractivity contribution < 1.29 is 18.5 Å². The van der Waals surface area contributed by atoms with Gasteiger partial charge in [0.2, 0.25) is 10.9 Å². The number of aliphatic imine (C=N–C) groups is 1. The van der Waals surface area contributed by atoms with Gasteiger partial charge in [-0.3, -0.25) is 28.7 Å². The van der Waals surface area contributed by atoms with Crippen molar-refractivity contribution in [3.63, 3.8) is 0 Å². The zero-order valence-electron chi connectivity index (χ0n) is 25.9. The van der Waals surface area contributed by atoms with Crippen LogP contribution in [0.5, 0.6) is 0 Å². The van der Waals surface area contributed by atoms with E-state index < -0.39 is 34.2 Å². The molecular formula is C33H30FN7O6. The van der Waals surface area contributed by atoms with Gasteiger partial charge in [0.1, 0.15) is 23.0 Å². The summed E-state index contributed by atoms with van der Waals surface area (Å²) in [7, 11) is 1.65. The summed E-state index contributed by atoms with van der Waals surface area (Å²) < 4.78 is 19.1. The van der Waals surface area contributed by atoms with Crippen LogP contribution in [0.25, 0.3) is 11.4 Å². The second kappa shape index (κ2) is 12.1. The van der Waals surface area contributed by atoms with E-state index in [0.717, 1.165) is 11.1 Å². The van der Waals surface area contributed by atoms with Crippen molar-refractivity contribution in [2.24, 2.45) is 10.9 Å². The predicted octanol–water partition coefficient (Wildman–Crippen LogP) is 2.61. The number of nitrogens with one attached hydrogen (secondary N) is 4. The minimum atomic E-state index is -0.712. The number of hydrogen-bond acceptors (Lipinski definition) is 10. The zero-order valence-corrected chi connectivity index (χ0v) is 25.9. The number of amides is 2. The molecule has 0 fully saturated rings. The molecule has 6 rings (SSSR count). The number of aromatic nitrogens is 2. The van der Waals surface area contributed by atoms with E-state index in [1.165, 1.54) is 31.2 Å². The Hall–Kier alpha value is -5.92. The van der Waals surface area contributed by atoms with E-state index in [1.807, 2.05) is 19.1 Å². The number of nitrogens with zero attached hydrogens (tertiary/aromatic N) is 3. The predicted molar refractivity (Wildman–Crippen MR) is 171 cm³/mol. The number of hydrogen-bond donors (Lipinski definition) is 4. The summed E-state index contributed by atoms with van der Waals surface area (Å²) in [5.41, 5.74) is 2.30. The van der Waals surface area contributed by atoms with Crippen LogP contribution in [0.1, 0.15) is 42.1 Å². The van der Waals surface area contributed by atoms with Gasteiger partial charge in [-0.1, -0.05) is 30.3 Å². The average molecular weight is 640 g/mol. The topological polar surface area (TPSA) is 179 Å². The lowest BCUT2D eigenvalue weighted by Gasteiger charge is -2.27. The maximum atomic E-state index is 14.5. The fourth-order valence-electron chi connectivity index (χ4n) is 5.81. The molecule has 0 radical (unpaired) electrons. The van der Waals surface area contributed by atoms with E-state index >= 15 is 0 Å². The third-order valence-corrected chi connectivity index (χ3v) is 8.42. The molecule has 2 amide bonds. The lowest BCUT2D eigenvalue weighted by molar-refractivity contribution is -0.118. The van der Waals surface area contributed by atoms with Crippen LogP contribution in [0.15, 0.2) is 84.0 Å². The molecule has 1 aliphatic carbocycles. The van der Waals surface area contributed by atoms with Gasteiger partial charge in [-0.05, 0) is 73.2 Å². The highest BCUT2D eigenvalue weighted by Crippen LogP contribution is 2.37. The van der Waals surface area contributed by atoms with Crippen LogP contribution < -0.4 is 32.6 Å². The lowest BCUT2D eigenvalue weighted by Crippen LogP contribution is -2.40. The van der Waals surface area contributed by atoms with E-state index in [0.29, 0.717) is 29.2 Å². The van der Waals surface area contributed by atoms with Gasteiger partial charge >= 0.3 is 5.76 Å². The number of carbonyl (C=O) groups excluding carboxylic acids is 2. The fourth-order valence-corrected chi connectivity index (χ4v) is 5.81. The Morgan fingerprint density at radius 3 is 2.62 bits per heavy atom. The van der Waals surface area contributed by atoms with E-state index in [4.69, 9.17) is 0 Å². The molecule has 0 saturated heterocycles. The first-order valence-corrected chi connectivity index (χ1v) is 14.8. The maximum absolute atomic E-state index is 14.5. The van der Waals surface area contributed by atoms with Crippen LogP contribution in [0, 0.1) is 18.7 Å². The van der Waals surface area contributed by atoms with Crippen LogP contribution >= 0.6 is 0 Å². The minimum absolute atomic E-state index is 0.00439. The van der Waals surface area contributed by atoms with Gasteiger partial charge in [0.25, 0.3) is 11.8 Å². The first-order valence-electron chi connectivity index (χ1n) is 14.8. The van der Waals surface area contributed by atoms with Crippen molar-refractivity contribution in [2.75, 3.05) is 12.4 Å². The highest BCUT2D eigenvalue weighted by molar-refractivity contribution is 6.44. The number of carbonyl (C=O) groups is 2. The molecule has 2 aliphatic rings. The standard InChI is InChI=1S/C33H30FN7O6/c1-5-25-36-23(31(44)38-26-15(2)10-19-12-18(7-8-20(19)26)30-39-33(46)47-40-30)13-24(41(25)4)32(45)35-14-17-6-9-21(34)22(11-17)37-27-16(3)28(42)29(27)43/h5-9,11-13,15,26,37H,10,14H2,1-4H3,(H,35,45)(H,38,44)(H,39,40,46)/b25-5-/t15-,26?/m0/s1. The Morgan fingerprint density at radius 2 is 1.91 bits per heavy atom. The van der Waals surface area contributed by atoms with E-state index in [9.17, 15) is 28.4 Å². The van der Waals surface area contributed by atoms with Crippen molar-refractivity contribution in [3.05, 3.63) is 119 Å². The molecule has 3 aromatic carbocycles. The van der Waals surface area contributed by atoms with Crippen molar-refractivity contribution in [2.45, 2.75) is 39.8 Å². The first kappa shape index (κ1) is 31.1. The van der Waals surface area contributed by atoms with Crippen molar-refractivity contribution >= 4 is 28.9 Å². The van der Waals surface area contributed by atoms with Crippen LogP contribution in [-0.2, 0) is 22.6 Å². The smallest absolute Gasteiger partial charge is 0.349 e. The largest absolute Gasteiger partial charge is 0.439 e. The summed E-state index contributed by atoms with van der Waals surface area (Å²) >= 11 is 0. The molecule has 4 N–H and O–H groups in total. The Bertz CT molecular complexity index is 2170. The number of anilines is 2. The Labute approximate surface area is 266 Å². The number of H-pyrrole nitrogens is 1. The molecule has 4 aromatic rings. The van der Waals surface area contributed by atoms with Crippen LogP contribution in [-0.4, -0.2) is 39.6 Å². The normalized spacial score (nSPS) is 18.1. The van der Waals surface area contributed by atoms with Gasteiger partial charge in [0.05, 0.1) is 17.4 Å². The van der Waals surface area contributed by atoms with Crippen molar-refractivity contribution in [3.8, 4) is 11.4 Å². The summed E-state index contributed by atoms with van der Waals surface area (Å²) in [4.78, 5) is 70.2. The second-order valence-corrected chi connectivity index (χ2v) is 11.5. The third-order valence-electron chi connectivity index (χ3n) is 8.42. The molecule has 0 bridgehead atoms. The number of fused-ring (bicyclic) bond motifs is 1. The SMILES string of the molecule is C/C=C1/N=C(C(=O)NC2c3ccc(-c4noc(=O)[nH]4)cc3C[C@@H]2C)C=C(C(=O)NCc2ccc(F)c(Nc3c(C)c(=O)c3=O)c2)N1C. The number of allylic oxidation sites excluding steroid dienone is 1. The summed E-state index contributed by atoms with van der Waals surface area (Å²) in [6, 6.07) is 9.39. The number of likely N-dealkylation sites (N-methyl/N-ethyl adjacent to an activating group) is 1. The van der Waals surface area contributed by atoms with Crippen molar-refractivity contribution in [1.29, 1.82) is 0 Å². The van der Waals surface area contributed by atoms with E-state index in [2.05, 4.69) is 35.6 Å². The molecule has 47 heavy (non-hydrogen) atoms. The molecule has 14 heteroatoms. The van der Waals surface area contributed by atoms with E-state index in [1.54, 1.807) is 31.0 Å². The van der Waals surface area contributed by atoms with Crippen LogP contribution in [0.3, 0.4) is 0 Å². The summed E-state index contributed by atoms with van der Waals surface area (Å²) in [6.07, 6.45) is 3.77. The highest BCUT2D eigenvalue weighted by Gasteiger charge is 2.33. The van der Waals surface area contributed by atoms with Crippen LogP contribution in [0.2, 0.25) is 0 Å². The van der Waals surface area contributed by atoms with Gasteiger partial charge in [0.15, 0.2) is 5.82 Å². The zero-order chi connectivity index (χ0) is 33.6. The van der Waals surface area contributed by atoms with Gasteiger partial charge in [0, 0.05) is 24.7 Å². The van der Waals surface area contributed by atoms with Gasteiger partial charge < -0.3 is 20.9 Å². The number of benzene rings is 2. The Balaban J connectivity index is 1.16. The molecule has 0 saturated carbocycles. The van der Waals surface area contributed by atoms with Crippen LogP contribution in [0.4, 0.5) is 15.8 Å². The molecule has 2 heterocycles. The second-order valence-electron chi connectivity index (χ2n) is 11.5. The first-order chi connectivity index (χ1) is 22.4. The lowest BCUT2D eigenvalue weighted by atomic mass is 10.0. The maximum Gasteiger partial charge on any atom is 0.439 e. The van der Waals surface area contributed by atoms with Gasteiger partial charge in [-0.15, -0.1) is 0 Å². The number of aromatic amines is 1. The Kier molecular flexibility index (Phi) is 8.01. The summed E-state index contributed by atoms with van der Waals surface area (Å²) in [5, 5.41) is 12.3. The molecule has 13 nitrogen and oxygen atoms in total.